The van der Waals surface area contributed by atoms with Crippen molar-refractivity contribution in [2.24, 2.45) is 52.3 Å². The SMILES string of the molecule is CC1CC[C@@]2(OC1)O[C@H]1C[C@H]3[C@@H]4CC(=O)[C@@H]5C[C@@H](O)[C@@H](O)C[C@]5(C)[C@H]4CC[C@]3(C)[C@H]1[C@@H]2C. The third-order valence-corrected chi connectivity index (χ3v) is 11.7. The van der Waals surface area contributed by atoms with Crippen LogP contribution in [0.25, 0.3) is 0 Å². The highest BCUT2D eigenvalue weighted by Gasteiger charge is 2.70. The van der Waals surface area contributed by atoms with Crippen LogP contribution in [-0.2, 0) is 14.3 Å². The highest BCUT2D eigenvalue weighted by atomic mass is 16.7. The van der Waals surface area contributed by atoms with Gasteiger partial charge >= 0.3 is 0 Å². The molecule has 2 aliphatic heterocycles. The molecule has 6 fully saturated rings. The average Bonchev–Trinajstić information content (AvgIpc) is 3.18. The second-order valence-corrected chi connectivity index (χ2v) is 13.2. The molecular formula is C27H42O5. The first-order chi connectivity index (χ1) is 15.1. The van der Waals surface area contributed by atoms with Crippen LogP contribution in [0.4, 0.5) is 0 Å². The molecule has 32 heavy (non-hydrogen) atoms. The number of carbonyl (C=O) groups is 1. The van der Waals surface area contributed by atoms with Gasteiger partial charge in [-0.25, -0.2) is 0 Å². The fraction of sp³-hybridized carbons (Fsp3) is 0.963. The van der Waals surface area contributed by atoms with E-state index in [9.17, 15) is 15.0 Å². The van der Waals surface area contributed by atoms with Crippen LogP contribution in [0.2, 0.25) is 0 Å². The molecule has 1 unspecified atom stereocenters. The number of ketones is 1. The lowest BCUT2D eigenvalue weighted by Crippen LogP contribution is -2.59. The van der Waals surface area contributed by atoms with Crippen LogP contribution in [0, 0.1) is 52.3 Å². The maximum atomic E-state index is 13.4. The van der Waals surface area contributed by atoms with Crippen molar-refractivity contribution >= 4 is 5.78 Å². The van der Waals surface area contributed by atoms with Crippen LogP contribution in [0.5, 0.6) is 0 Å². The second kappa shape index (κ2) is 7.02. The first-order valence-corrected chi connectivity index (χ1v) is 13.3. The van der Waals surface area contributed by atoms with E-state index in [0.29, 0.717) is 60.6 Å². The summed E-state index contributed by atoms with van der Waals surface area (Å²) in [5, 5.41) is 20.8. The van der Waals surface area contributed by atoms with Gasteiger partial charge in [-0.05, 0) is 78.9 Å². The van der Waals surface area contributed by atoms with Crippen LogP contribution in [0.3, 0.4) is 0 Å². The molecule has 13 atom stereocenters. The van der Waals surface area contributed by atoms with Crippen LogP contribution < -0.4 is 0 Å². The molecule has 0 aromatic carbocycles. The summed E-state index contributed by atoms with van der Waals surface area (Å²) in [5.41, 5.74) is 0.00540. The van der Waals surface area contributed by atoms with Crippen LogP contribution >= 0.6 is 0 Å². The first kappa shape index (κ1) is 22.0. The normalized spacial score (nSPS) is 61.8. The summed E-state index contributed by atoms with van der Waals surface area (Å²) < 4.78 is 13.2. The van der Waals surface area contributed by atoms with Crippen LogP contribution in [-0.4, -0.2) is 46.7 Å². The van der Waals surface area contributed by atoms with E-state index in [2.05, 4.69) is 27.7 Å². The van der Waals surface area contributed by atoms with E-state index in [1.54, 1.807) is 0 Å². The van der Waals surface area contributed by atoms with E-state index in [1.807, 2.05) is 0 Å². The van der Waals surface area contributed by atoms with Crippen molar-refractivity contribution in [3.63, 3.8) is 0 Å². The molecule has 0 amide bonds. The second-order valence-electron chi connectivity index (χ2n) is 13.2. The minimum Gasteiger partial charge on any atom is -0.390 e. The van der Waals surface area contributed by atoms with Gasteiger partial charge in [-0.1, -0.05) is 27.7 Å². The van der Waals surface area contributed by atoms with Crippen molar-refractivity contribution in [1.82, 2.24) is 0 Å². The van der Waals surface area contributed by atoms with Gasteiger partial charge in [0.15, 0.2) is 5.79 Å². The van der Waals surface area contributed by atoms with Crippen molar-refractivity contribution < 1.29 is 24.5 Å². The molecule has 2 saturated heterocycles. The Balaban J connectivity index is 1.29. The minimum absolute atomic E-state index is 0.0940. The van der Waals surface area contributed by atoms with Crippen molar-refractivity contribution in [1.29, 1.82) is 0 Å². The summed E-state index contributed by atoms with van der Waals surface area (Å²) in [6, 6.07) is 0. The number of aliphatic hydroxyl groups is 2. The molecule has 0 aromatic heterocycles. The number of Topliss-reactive ketones (excluding diaryl/α,β-unsaturated/α-hetero) is 1. The highest BCUT2D eigenvalue weighted by molar-refractivity contribution is 5.83. The van der Waals surface area contributed by atoms with E-state index < -0.39 is 18.0 Å². The Morgan fingerprint density at radius 2 is 1.75 bits per heavy atom. The van der Waals surface area contributed by atoms with Crippen molar-refractivity contribution in [2.45, 2.75) is 103 Å². The quantitative estimate of drug-likeness (QED) is 0.589. The predicted molar refractivity (Wildman–Crippen MR) is 120 cm³/mol. The van der Waals surface area contributed by atoms with Crippen molar-refractivity contribution in [2.75, 3.05) is 6.61 Å². The first-order valence-electron chi connectivity index (χ1n) is 13.3. The minimum atomic E-state index is -0.753. The number of aliphatic hydroxyl groups excluding tert-OH is 2. The molecule has 180 valence electrons. The van der Waals surface area contributed by atoms with E-state index in [0.717, 1.165) is 25.9 Å². The molecule has 5 nitrogen and oxygen atoms in total. The number of hydrogen-bond donors (Lipinski definition) is 2. The van der Waals surface area contributed by atoms with E-state index in [1.165, 1.54) is 12.8 Å². The molecule has 6 rings (SSSR count). The number of carbonyl (C=O) groups excluding carboxylic acids is 1. The molecule has 4 aliphatic carbocycles. The molecular weight excluding hydrogens is 404 g/mol. The Hall–Kier alpha value is -0.490. The molecule has 2 heterocycles. The standard InChI is InChI=1S/C27H42O5/c1-14-5-8-27(31-13-14)15(2)24-23(32-27)11-18-16-9-20(28)19-10-21(29)22(30)12-26(19,4)17(16)6-7-25(18,24)3/h14-19,21-24,29-30H,5-13H2,1-4H3/t14?,15-,16+,17-,18-,19-,21+,22-,23-,24-,25-,26+,27+/m0/s1. The van der Waals surface area contributed by atoms with Crippen LogP contribution in [0.15, 0.2) is 0 Å². The van der Waals surface area contributed by atoms with Gasteiger partial charge in [-0.15, -0.1) is 0 Å². The molecule has 6 aliphatic rings. The predicted octanol–water partition coefficient (Wildman–Crippen LogP) is 3.94. The smallest absolute Gasteiger partial charge is 0.171 e. The largest absolute Gasteiger partial charge is 0.390 e. The molecule has 4 saturated carbocycles. The maximum absolute atomic E-state index is 13.4. The van der Waals surface area contributed by atoms with Gasteiger partial charge < -0.3 is 19.7 Å². The Bertz CT molecular complexity index is 789. The van der Waals surface area contributed by atoms with E-state index in [4.69, 9.17) is 9.47 Å². The summed E-state index contributed by atoms with van der Waals surface area (Å²) >= 11 is 0. The Kier molecular flexibility index (Phi) is 4.83. The lowest BCUT2D eigenvalue weighted by atomic mass is 9.44. The van der Waals surface area contributed by atoms with Crippen molar-refractivity contribution in [3.05, 3.63) is 0 Å². The summed E-state index contributed by atoms with van der Waals surface area (Å²) in [6.45, 7) is 10.2. The Labute approximate surface area is 192 Å². The van der Waals surface area contributed by atoms with Gasteiger partial charge in [-0.2, -0.15) is 0 Å². The van der Waals surface area contributed by atoms with Gasteiger partial charge in [0.1, 0.15) is 5.78 Å². The summed E-state index contributed by atoms with van der Waals surface area (Å²) in [6.07, 6.45) is 5.97. The summed E-state index contributed by atoms with van der Waals surface area (Å²) in [7, 11) is 0. The Morgan fingerprint density at radius 1 is 0.969 bits per heavy atom. The van der Waals surface area contributed by atoms with Gasteiger partial charge in [0, 0.05) is 24.7 Å². The summed E-state index contributed by atoms with van der Waals surface area (Å²) in [5.74, 6) is 2.69. The van der Waals surface area contributed by atoms with Gasteiger partial charge in [0.25, 0.3) is 0 Å². The monoisotopic (exact) mass is 446 g/mol. The molecule has 2 N–H and O–H groups in total. The zero-order chi connectivity index (χ0) is 22.6. The topological polar surface area (TPSA) is 76.0 Å². The van der Waals surface area contributed by atoms with Crippen LogP contribution in [0.1, 0.15) is 79.1 Å². The van der Waals surface area contributed by atoms with Crippen molar-refractivity contribution in [3.8, 4) is 0 Å². The lowest BCUT2D eigenvalue weighted by molar-refractivity contribution is -0.273. The van der Waals surface area contributed by atoms with Gasteiger partial charge in [0.05, 0.1) is 24.9 Å². The fourth-order valence-corrected chi connectivity index (χ4v) is 10.1. The number of fused-ring (bicyclic) bond motifs is 7. The summed E-state index contributed by atoms with van der Waals surface area (Å²) in [4.78, 5) is 13.4. The fourth-order valence-electron chi connectivity index (χ4n) is 10.1. The number of rotatable bonds is 0. The molecule has 0 bridgehead atoms. The van der Waals surface area contributed by atoms with Gasteiger partial charge in [0.2, 0.25) is 0 Å². The van der Waals surface area contributed by atoms with E-state index in [-0.39, 0.29) is 22.9 Å². The van der Waals surface area contributed by atoms with Gasteiger partial charge in [-0.3, -0.25) is 4.79 Å². The third-order valence-electron chi connectivity index (χ3n) is 11.7. The number of ether oxygens (including phenoxy) is 2. The maximum Gasteiger partial charge on any atom is 0.171 e. The molecule has 0 aromatic rings. The molecule has 1 spiro atoms. The molecule has 5 heteroatoms. The zero-order valence-electron chi connectivity index (χ0n) is 20.3. The van der Waals surface area contributed by atoms with E-state index >= 15 is 0 Å². The average molecular weight is 447 g/mol. The third kappa shape index (κ3) is 2.74. The highest BCUT2D eigenvalue weighted by Crippen LogP contribution is 2.71. The lowest BCUT2D eigenvalue weighted by Gasteiger charge is -2.61. The number of hydrogen-bond acceptors (Lipinski definition) is 5. The zero-order valence-corrected chi connectivity index (χ0v) is 20.3. The molecule has 0 radical (unpaired) electrons. The Morgan fingerprint density at radius 3 is 2.47 bits per heavy atom.